The van der Waals surface area contributed by atoms with Gasteiger partial charge < -0.3 is 15.7 Å². The topological polar surface area (TPSA) is 80.7 Å². The van der Waals surface area contributed by atoms with Crippen LogP contribution in [0, 0.1) is 0 Å². The molecule has 1 aromatic heterocycles. The van der Waals surface area contributed by atoms with Crippen LogP contribution in [0.25, 0.3) is 0 Å². The summed E-state index contributed by atoms with van der Waals surface area (Å²) in [5.41, 5.74) is 6.57. The van der Waals surface area contributed by atoms with Crippen LogP contribution in [0.3, 0.4) is 0 Å². The molecule has 0 unspecified atom stereocenters. The van der Waals surface area contributed by atoms with Gasteiger partial charge in [-0.25, -0.2) is 0 Å². The van der Waals surface area contributed by atoms with Crippen LogP contribution >= 0.6 is 39.1 Å². The molecule has 0 amide bonds. The van der Waals surface area contributed by atoms with Crippen molar-refractivity contribution >= 4 is 45.0 Å². The summed E-state index contributed by atoms with van der Waals surface area (Å²) in [6, 6.07) is 6.73. The predicted molar refractivity (Wildman–Crippen MR) is 85.2 cm³/mol. The minimum absolute atomic E-state index is 0.0888. The summed E-state index contributed by atoms with van der Waals surface area (Å²) >= 11 is 15.4. The molecule has 2 aromatic rings. The van der Waals surface area contributed by atoms with Crippen molar-refractivity contribution in [2.45, 2.75) is 6.61 Å². The Labute approximate surface area is 139 Å². The van der Waals surface area contributed by atoms with E-state index >= 15 is 0 Å². The van der Waals surface area contributed by atoms with E-state index < -0.39 is 0 Å². The first-order valence-electron chi connectivity index (χ1n) is 5.72. The number of benzene rings is 1. The fraction of sp³-hybridized carbons (Fsp3) is 0.0769. The zero-order valence-electron chi connectivity index (χ0n) is 10.6. The van der Waals surface area contributed by atoms with Crippen LogP contribution < -0.4 is 10.5 Å². The zero-order valence-corrected chi connectivity index (χ0v) is 13.7. The third kappa shape index (κ3) is 3.78. The number of hydrogen-bond acceptors (Lipinski definition) is 4. The lowest BCUT2D eigenvalue weighted by Crippen LogP contribution is -2.18. The number of pyridine rings is 1. The van der Waals surface area contributed by atoms with Crippen molar-refractivity contribution in [2.75, 3.05) is 0 Å². The highest BCUT2D eigenvalue weighted by atomic mass is 79.9. The van der Waals surface area contributed by atoms with E-state index in [9.17, 15) is 0 Å². The van der Waals surface area contributed by atoms with Crippen molar-refractivity contribution in [3.63, 3.8) is 0 Å². The molecule has 8 heteroatoms. The molecule has 0 aliphatic carbocycles. The van der Waals surface area contributed by atoms with Gasteiger partial charge in [0.15, 0.2) is 5.84 Å². The summed E-state index contributed by atoms with van der Waals surface area (Å²) in [6.07, 6.45) is 1.54. The van der Waals surface area contributed by atoms with E-state index in [-0.39, 0.29) is 12.4 Å². The molecule has 0 aliphatic heterocycles. The Morgan fingerprint density at radius 3 is 2.86 bits per heavy atom. The van der Waals surface area contributed by atoms with E-state index in [1.165, 1.54) is 0 Å². The average molecular weight is 391 g/mol. The molecule has 0 fully saturated rings. The third-order valence-electron chi connectivity index (χ3n) is 2.60. The first-order chi connectivity index (χ1) is 10.0. The minimum Gasteiger partial charge on any atom is -0.487 e. The average Bonchev–Trinajstić information content (AvgIpc) is 2.49. The Bertz CT molecular complexity index is 695. The Hall–Kier alpha value is -1.50. The Morgan fingerprint density at radius 2 is 2.14 bits per heavy atom. The molecule has 0 saturated carbocycles. The number of nitrogens with zero attached hydrogens (tertiary/aromatic N) is 2. The van der Waals surface area contributed by atoms with Crippen LogP contribution in [0.2, 0.25) is 10.0 Å². The van der Waals surface area contributed by atoms with Crippen molar-refractivity contribution in [3.8, 4) is 5.75 Å². The zero-order chi connectivity index (χ0) is 15.4. The van der Waals surface area contributed by atoms with E-state index in [0.29, 0.717) is 31.5 Å². The van der Waals surface area contributed by atoms with Gasteiger partial charge in [0.25, 0.3) is 0 Å². The Balaban J connectivity index is 2.23. The summed E-state index contributed by atoms with van der Waals surface area (Å²) in [4.78, 5) is 4.05. The van der Waals surface area contributed by atoms with Gasteiger partial charge in [-0.05, 0) is 28.1 Å². The van der Waals surface area contributed by atoms with E-state index in [1.54, 1.807) is 30.5 Å². The number of aromatic nitrogens is 1. The predicted octanol–water partition coefficient (Wildman–Crippen LogP) is 3.82. The lowest BCUT2D eigenvalue weighted by Gasteiger charge is -2.11. The van der Waals surface area contributed by atoms with Crippen LogP contribution in [-0.2, 0) is 6.61 Å². The fourth-order valence-corrected chi connectivity index (χ4v) is 2.45. The molecule has 1 heterocycles. The second-order valence-corrected chi connectivity index (χ2v) is 5.65. The number of oxime groups is 1. The van der Waals surface area contributed by atoms with E-state index in [4.69, 9.17) is 38.9 Å². The maximum Gasteiger partial charge on any atom is 0.189 e. The van der Waals surface area contributed by atoms with Crippen LogP contribution in [0.15, 0.2) is 40.1 Å². The minimum atomic E-state index is -0.0888. The van der Waals surface area contributed by atoms with E-state index in [2.05, 4.69) is 26.1 Å². The first kappa shape index (κ1) is 15.9. The summed E-state index contributed by atoms with van der Waals surface area (Å²) in [5, 5.41) is 12.6. The smallest absolute Gasteiger partial charge is 0.189 e. The summed E-state index contributed by atoms with van der Waals surface area (Å²) in [7, 11) is 0. The first-order valence-corrected chi connectivity index (χ1v) is 7.27. The monoisotopic (exact) mass is 389 g/mol. The molecule has 0 saturated heterocycles. The molecule has 21 heavy (non-hydrogen) atoms. The quantitative estimate of drug-likeness (QED) is 0.273. The van der Waals surface area contributed by atoms with E-state index in [1.807, 2.05) is 0 Å². The van der Waals surface area contributed by atoms with Crippen molar-refractivity contribution < 1.29 is 9.94 Å². The maximum absolute atomic E-state index is 8.75. The second kappa shape index (κ2) is 6.98. The highest BCUT2D eigenvalue weighted by Crippen LogP contribution is 2.34. The van der Waals surface area contributed by atoms with Crippen molar-refractivity contribution in [3.05, 3.63) is 56.2 Å². The van der Waals surface area contributed by atoms with Gasteiger partial charge in [0.2, 0.25) is 0 Å². The van der Waals surface area contributed by atoms with Gasteiger partial charge in [0, 0.05) is 22.3 Å². The molecule has 0 aliphatic rings. The van der Waals surface area contributed by atoms with Gasteiger partial charge in [0.05, 0.1) is 10.0 Å². The van der Waals surface area contributed by atoms with Gasteiger partial charge in [-0.2, -0.15) is 0 Å². The number of halogens is 3. The van der Waals surface area contributed by atoms with Gasteiger partial charge >= 0.3 is 0 Å². The highest BCUT2D eigenvalue weighted by molar-refractivity contribution is 9.10. The van der Waals surface area contributed by atoms with Gasteiger partial charge in [-0.15, -0.1) is 0 Å². The summed E-state index contributed by atoms with van der Waals surface area (Å²) in [6.45, 7) is 0.150. The van der Waals surface area contributed by atoms with Gasteiger partial charge in [-0.3, -0.25) is 4.98 Å². The highest BCUT2D eigenvalue weighted by Gasteiger charge is 2.11. The lowest BCUT2D eigenvalue weighted by molar-refractivity contribution is 0.304. The number of hydrogen-bond donors (Lipinski definition) is 2. The van der Waals surface area contributed by atoms with Crippen LogP contribution in [0.1, 0.15) is 11.3 Å². The normalized spacial score (nSPS) is 11.5. The Morgan fingerprint density at radius 1 is 1.38 bits per heavy atom. The second-order valence-electron chi connectivity index (χ2n) is 3.98. The Kier molecular flexibility index (Phi) is 5.27. The van der Waals surface area contributed by atoms with Crippen LogP contribution in [0.4, 0.5) is 0 Å². The number of amidine groups is 1. The molecule has 3 N–H and O–H groups in total. The molecule has 2 rings (SSSR count). The van der Waals surface area contributed by atoms with Crippen molar-refractivity contribution in [1.29, 1.82) is 0 Å². The molecule has 110 valence electrons. The molecular weight excluding hydrogens is 381 g/mol. The lowest BCUT2D eigenvalue weighted by atomic mass is 10.2. The SMILES string of the molecule is N/C(=N/O)c1ncccc1COc1cc(Cl)c(Br)cc1Cl. The molecule has 5 nitrogen and oxygen atoms in total. The molecular formula is C13H10BrCl2N3O2. The molecule has 0 bridgehead atoms. The molecule has 0 atom stereocenters. The molecule has 0 spiro atoms. The largest absolute Gasteiger partial charge is 0.487 e. The van der Waals surface area contributed by atoms with Crippen LogP contribution in [0.5, 0.6) is 5.75 Å². The van der Waals surface area contributed by atoms with E-state index in [0.717, 1.165) is 0 Å². The van der Waals surface area contributed by atoms with Crippen LogP contribution in [-0.4, -0.2) is 16.0 Å². The standard InChI is InChI=1S/C13H10BrCl2N3O2/c14-8-4-10(16)11(5-9(8)15)21-6-7-2-1-3-18-12(7)13(17)19-20/h1-5,20H,6H2,(H2,17,19). The van der Waals surface area contributed by atoms with Crippen molar-refractivity contribution in [1.82, 2.24) is 4.98 Å². The van der Waals surface area contributed by atoms with Crippen molar-refractivity contribution in [2.24, 2.45) is 10.9 Å². The number of rotatable bonds is 4. The molecule has 1 aromatic carbocycles. The summed E-state index contributed by atoms with van der Waals surface area (Å²) in [5.74, 6) is 0.341. The fourth-order valence-electron chi connectivity index (χ4n) is 1.60. The van der Waals surface area contributed by atoms with Gasteiger partial charge in [-0.1, -0.05) is 34.4 Å². The number of ether oxygens (including phenoxy) is 1. The third-order valence-corrected chi connectivity index (χ3v) is 4.09. The number of nitrogens with two attached hydrogens (primary N) is 1. The summed E-state index contributed by atoms with van der Waals surface area (Å²) < 4.78 is 6.31. The maximum atomic E-state index is 8.75. The molecule has 0 radical (unpaired) electrons. The van der Waals surface area contributed by atoms with Gasteiger partial charge in [0.1, 0.15) is 18.1 Å².